The molecule has 4 atom stereocenters. The highest BCUT2D eigenvalue weighted by atomic mass is 16.4. The normalized spacial score (nSPS) is 34.3. The van der Waals surface area contributed by atoms with E-state index in [1.54, 1.807) is 13.8 Å². The van der Waals surface area contributed by atoms with Gasteiger partial charge < -0.3 is 15.3 Å². The van der Waals surface area contributed by atoms with Crippen LogP contribution in [0.5, 0.6) is 0 Å². The smallest absolute Gasteiger partial charge is 0.328 e. The molecule has 5 heteroatoms. The predicted octanol–water partition coefficient (Wildman–Crippen LogP) is 3.16. The molecule has 5 nitrogen and oxygen atoms in total. The second kappa shape index (κ2) is 6.55. The van der Waals surface area contributed by atoms with Gasteiger partial charge in [0.05, 0.1) is 6.10 Å². The molecule has 0 aromatic carbocycles. The van der Waals surface area contributed by atoms with E-state index in [4.69, 9.17) is 5.11 Å². The lowest BCUT2D eigenvalue weighted by Gasteiger charge is -2.53. The van der Waals surface area contributed by atoms with E-state index in [1.807, 2.05) is 6.92 Å². The van der Waals surface area contributed by atoms with Crippen LogP contribution >= 0.6 is 0 Å². The van der Waals surface area contributed by atoms with Gasteiger partial charge in [-0.15, -0.1) is 0 Å². The first-order valence-electron chi connectivity index (χ1n) is 8.26. The number of Topliss-reactive ketones (excluding diaryl/α,β-unsaturated/α-hetero) is 1. The van der Waals surface area contributed by atoms with Gasteiger partial charge in [0.1, 0.15) is 0 Å². The van der Waals surface area contributed by atoms with Crippen molar-refractivity contribution >= 4 is 11.8 Å². The lowest BCUT2D eigenvalue weighted by Crippen LogP contribution is -2.51. The number of aliphatic hydroxyl groups is 2. The predicted molar refractivity (Wildman–Crippen MR) is 90.4 cm³/mol. The van der Waals surface area contributed by atoms with Gasteiger partial charge in [-0.1, -0.05) is 24.6 Å². The fraction of sp³-hybridized carbons (Fsp3) is 0.579. The van der Waals surface area contributed by atoms with Crippen molar-refractivity contribution in [2.75, 3.05) is 0 Å². The Bertz CT molecular complexity index is 642. The van der Waals surface area contributed by atoms with Crippen LogP contribution < -0.4 is 0 Å². The van der Waals surface area contributed by atoms with Gasteiger partial charge in [0.2, 0.25) is 0 Å². The van der Waals surface area contributed by atoms with Crippen LogP contribution in [0.3, 0.4) is 0 Å². The van der Waals surface area contributed by atoms with Gasteiger partial charge >= 0.3 is 5.97 Å². The van der Waals surface area contributed by atoms with Crippen molar-refractivity contribution in [2.24, 2.45) is 17.3 Å². The molecule has 2 aliphatic carbocycles. The minimum absolute atomic E-state index is 0.00459. The first-order valence-corrected chi connectivity index (χ1v) is 8.26. The number of carboxylic acids is 1. The van der Waals surface area contributed by atoms with Crippen LogP contribution in [0.1, 0.15) is 46.5 Å². The number of aliphatic carboxylic acids is 1. The summed E-state index contributed by atoms with van der Waals surface area (Å²) in [5.41, 5.74) is 1.70. The molecule has 0 aromatic heterocycles. The average Bonchev–Trinajstić information content (AvgIpc) is 2.43. The molecule has 0 radical (unpaired) electrons. The summed E-state index contributed by atoms with van der Waals surface area (Å²) in [5, 5.41) is 29.4. The molecule has 0 aliphatic heterocycles. The SMILES string of the molecule is C=C1C[C@H](O)[C@H]2C(C)=C(O)C(=O)C[C@]2(C)[C@H]1CC/C(C)=C/C(=O)O. The Morgan fingerprint density at radius 3 is 2.67 bits per heavy atom. The van der Waals surface area contributed by atoms with Crippen molar-refractivity contribution in [3.05, 3.63) is 35.1 Å². The van der Waals surface area contributed by atoms with E-state index < -0.39 is 17.5 Å². The molecule has 0 aromatic rings. The quantitative estimate of drug-likeness (QED) is 0.542. The maximum atomic E-state index is 12.2. The summed E-state index contributed by atoms with van der Waals surface area (Å²) in [5.74, 6) is -1.77. The molecular formula is C19H26O5. The fourth-order valence-electron chi connectivity index (χ4n) is 4.65. The van der Waals surface area contributed by atoms with E-state index >= 15 is 0 Å². The zero-order valence-corrected chi connectivity index (χ0v) is 14.5. The lowest BCUT2D eigenvalue weighted by molar-refractivity contribution is -0.131. The zero-order chi connectivity index (χ0) is 18.2. The number of carbonyl (C=O) groups is 2. The number of hydrogen-bond donors (Lipinski definition) is 3. The molecule has 24 heavy (non-hydrogen) atoms. The average molecular weight is 334 g/mol. The van der Waals surface area contributed by atoms with E-state index in [2.05, 4.69) is 6.58 Å². The van der Waals surface area contributed by atoms with E-state index in [-0.39, 0.29) is 29.8 Å². The minimum Gasteiger partial charge on any atom is -0.504 e. The highest BCUT2D eigenvalue weighted by molar-refractivity contribution is 5.95. The third-order valence-corrected chi connectivity index (χ3v) is 5.70. The van der Waals surface area contributed by atoms with Crippen LogP contribution in [0.15, 0.2) is 35.1 Å². The number of fused-ring (bicyclic) bond motifs is 1. The molecule has 2 aliphatic rings. The van der Waals surface area contributed by atoms with Gasteiger partial charge in [0.25, 0.3) is 0 Å². The second-order valence-corrected chi connectivity index (χ2v) is 7.46. The summed E-state index contributed by atoms with van der Waals surface area (Å²) in [6.07, 6.45) is 2.41. The van der Waals surface area contributed by atoms with Crippen molar-refractivity contribution in [1.29, 1.82) is 0 Å². The fourth-order valence-corrected chi connectivity index (χ4v) is 4.65. The van der Waals surface area contributed by atoms with Crippen molar-refractivity contribution < 1.29 is 24.9 Å². The van der Waals surface area contributed by atoms with Gasteiger partial charge in [-0.3, -0.25) is 4.79 Å². The Morgan fingerprint density at radius 2 is 2.08 bits per heavy atom. The first-order chi connectivity index (χ1) is 11.1. The van der Waals surface area contributed by atoms with Gasteiger partial charge in [0, 0.05) is 18.4 Å². The summed E-state index contributed by atoms with van der Waals surface area (Å²) in [6.45, 7) is 9.56. The Labute approximate surface area is 142 Å². The Morgan fingerprint density at radius 1 is 1.46 bits per heavy atom. The molecule has 0 unspecified atom stereocenters. The van der Waals surface area contributed by atoms with Crippen molar-refractivity contribution in [3.8, 4) is 0 Å². The van der Waals surface area contributed by atoms with Gasteiger partial charge in [-0.2, -0.15) is 0 Å². The molecule has 0 saturated heterocycles. The minimum atomic E-state index is -0.967. The number of ketones is 1. The summed E-state index contributed by atoms with van der Waals surface area (Å²) in [7, 11) is 0. The number of allylic oxidation sites excluding steroid dienone is 2. The molecule has 0 heterocycles. The topological polar surface area (TPSA) is 94.8 Å². The van der Waals surface area contributed by atoms with Gasteiger partial charge in [-0.25, -0.2) is 4.79 Å². The number of aliphatic hydroxyl groups excluding tert-OH is 2. The molecule has 0 amide bonds. The van der Waals surface area contributed by atoms with E-state index in [1.165, 1.54) is 6.08 Å². The molecule has 1 saturated carbocycles. The summed E-state index contributed by atoms with van der Waals surface area (Å²) >= 11 is 0. The largest absolute Gasteiger partial charge is 0.504 e. The number of rotatable bonds is 4. The molecule has 2 rings (SSSR count). The highest BCUT2D eigenvalue weighted by Crippen LogP contribution is 2.56. The Balaban J connectivity index is 2.33. The van der Waals surface area contributed by atoms with Crippen molar-refractivity contribution in [2.45, 2.75) is 52.6 Å². The maximum Gasteiger partial charge on any atom is 0.328 e. The molecule has 132 valence electrons. The van der Waals surface area contributed by atoms with Crippen LogP contribution in [0, 0.1) is 17.3 Å². The number of carbonyl (C=O) groups excluding carboxylic acids is 1. The van der Waals surface area contributed by atoms with Crippen LogP contribution in [0.2, 0.25) is 0 Å². The standard InChI is InChI=1S/C19H26O5/c1-10(7-16(22)23)5-6-13-11(2)8-14(20)17-12(3)18(24)15(21)9-19(13,17)4/h7,13-14,17,20,24H,2,5-6,8-9H2,1,3-4H3,(H,22,23)/b10-7+/t13-,14-,17+,19+/m0/s1. The molecule has 0 bridgehead atoms. The van der Waals surface area contributed by atoms with Crippen LogP contribution in [0.25, 0.3) is 0 Å². The molecular weight excluding hydrogens is 308 g/mol. The summed E-state index contributed by atoms with van der Waals surface area (Å²) in [4.78, 5) is 23.0. The molecule has 1 fully saturated rings. The summed E-state index contributed by atoms with van der Waals surface area (Å²) in [6, 6.07) is 0. The maximum absolute atomic E-state index is 12.2. The van der Waals surface area contributed by atoms with Crippen molar-refractivity contribution in [1.82, 2.24) is 0 Å². The first kappa shape index (κ1) is 18.5. The van der Waals surface area contributed by atoms with Crippen LogP contribution in [-0.2, 0) is 9.59 Å². The van der Waals surface area contributed by atoms with Gasteiger partial charge in [-0.05, 0) is 50.0 Å². The van der Waals surface area contributed by atoms with E-state index in [9.17, 15) is 19.8 Å². The van der Waals surface area contributed by atoms with Crippen LogP contribution in [0.4, 0.5) is 0 Å². The second-order valence-electron chi connectivity index (χ2n) is 7.46. The lowest BCUT2D eigenvalue weighted by atomic mass is 9.52. The van der Waals surface area contributed by atoms with Crippen molar-refractivity contribution in [3.63, 3.8) is 0 Å². The van der Waals surface area contributed by atoms with Crippen LogP contribution in [-0.4, -0.2) is 33.2 Å². The highest BCUT2D eigenvalue weighted by Gasteiger charge is 2.54. The van der Waals surface area contributed by atoms with E-state index in [0.717, 1.165) is 11.1 Å². The molecule has 3 N–H and O–H groups in total. The number of hydrogen-bond acceptors (Lipinski definition) is 4. The monoisotopic (exact) mass is 334 g/mol. The Hall–Kier alpha value is -1.88. The number of carboxylic acid groups (broad SMARTS) is 1. The van der Waals surface area contributed by atoms with Gasteiger partial charge in [0.15, 0.2) is 11.5 Å². The van der Waals surface area contributed by atoms with E-state index in [0.29, 0.717) is 24.8 Å². The Kier molecular flexibility index (Phi) is 5.04. The third-order valence-electron chi connectivity index (χ3n) is 5.70. The zero-order valence-electron chi connectivity index (χ0n) is 14.5. The molecule has 0 spiro atoms. The third kappa shape index (κ3) is 3.18. The summed E-state index contributed by atoms with van der Waals surface area (Å²) < 4.78 is 0.